The highest BCUT2D eigenvalue weighted by Crippen LogP contribution is 2.59. The summed E-state index contributed by atoms with van der Waals surface area (Å²) < 4.78 is 46.1. The molecule has 0 atom stereocenters. The van der Waals surface area contributed by atoms with Crippen LogP contribution in [-0.2, 0) is 10.8 Å². The van der Waals surface area contributed by atoms with Gasteiger partial charge in [0.15, 0.2) is 0 Å². The minimum Gasteiger partial charge on any atom is -0.310 e. The second kappa shape index (κ2) is 19.3. The van der Waals surface area contributed by atoms with Crippen LogP contribution >= 0.6 is 11.3 Å². The van der Waals surface area contributed by atoms with Crippen molar-refractivity contribution >= 4 is 48.6 Å². The van der Waals surface area contributed by atoms with E-state index in [4.69, 9.17) is 6.85 Å². The molecule has 2 aliphatic rings. The van der Waals surface area contributed by atoms with Crippen LogP contribution in [0, 0.1) is 0 Å². The average Bonchev–Trinajstić information content (AvgIpc) is 1.59. The Labute approximate surface area is 490 Å². The number of nitrogens with zero attached hydrogens (tertiary/aromatic N) is 1. The number of thiophene rings is 1. The van der Waals surface area contributed by atoms with Crippen molar-refractivity contribution in [2.45, 2.75) is 10.8 Å². The number of fused-ring (bicyclic) bond motifs is 9. The molecule has 0 spiro atoms. The quantitative estimate of drug-likeness (QED) is 0.132. The molecule has 1 heterocycles. The lowest BCUT2D eigenvalue weighted by atomic mass is 9.67. The Morgan fingerprint density at radius 1 is 0.280 bits per heavy atom. The van der Waals surface area contributed by atoms with Gasteiger partial charge in [-0.25, -0.2) is 0 Å². The first-order chi connectivity index (χ1) is 42.7. The molecule has 2 heteroatoms. The Bertz CT molecular complexity index is 4930. The molecule has 2 aliphatic carbocycles. The predicted octanol–water partition coefficient (Wildman–Crippen LogP) is 21.3. The lowest BCUT2D eigenvalue weighted by Crippen LogP contribution is -2.28. The van der Waals surface area contributed by atoms with Gasteiger partial charge < -0.3 is 4.90 Å². The number of hydrogen-bond acceptors (Lipinski definition) is 2. The molecule has 0 N–H and O–H groups in total. The molecule has 1 aromatic heterocycles. The summed E-state index contributed by atoms with van der Waals surface area (Å²) in [6, 6.07) is 104. The second-order valence-electron chi connectivity index (χ2n) is 21.5. The lowest BCUT2D eigenvalue weighted by Gasteiger charge is -2.35. The minimum atomic E-state index is -0.843. The van der Waals surface area contributed by atoms with Gasteiger partial charge in [0.25, 0.3) is 0 Å². The van der Waals surface area contributed by atoms with Crippen LogP contribution in [0.3, 0.4) is 0 Å². The van der Waals surface area contributed by atoms with E-state index in [1.165, 1.54) is 59.1 Å². The Kier molecular flexibility index (Phi) is 10.1. The molecule has 0 saturated carbocycles. The number of hydrogen-bond donors (Lipinski definition) is 0. The van der Waals surface area contributed by atoms with E-state index in [2.05, 4.69) is 278 Å². The van der Waals surface area contributed by atoms with E-state index in [9.17, 15) is 0 Å². The third-order valence-electron chi connectivity index (χ3n) is 17.3. The fraction of sp³-hybridized carbons (Fsp3) is 0.0250. The first-order valence-electron chi connectivity index (χ1n) is 30.5. The molecule has 0 saturated heterocycles. The van der Waals surface area contributed by atoms with Crippen LogP contribution in [0.1, 0.15) is 51.4 Å². The van der Waals surface area contributed by atoms with Gasteiger partial charge in [0.1, 0.15) is 0 Å². The Morgan fingerprint density at radius 2 is 0.707 bits per heavy atom. The fourth-order valence-corrected chi connectivity index (χ4v) is 15.0. The zero-order chi connectivity index (χ0) is 58.5. The van der Waals surface area contributed by atoms with Gasteiger partial charge in [-0.2, -0.15) is 0 Å². The highest BCUT2D eigenvalue weighted by Gasteiger charge is 2.47. The first kappa shape index (κ1) is 42.8. The molecule has 0 bridgehead atoms. The molecule has 384 valence electrons. The Morgan fingerprint density at radius 3 is 1.29 bits per heavy atom. The van der Waals surface area contributed by atoms with Crippen molar-refractivity contribution in [3.05, 3.63) is 366 Å². The maximum atomic E-state index is 9.02. The van der Waals surface area contributed by atoms with Crippen molar-refractivity contribution in [3.8, 4) is 55.6 Å². The maximum Gasteiger partial charge on any atom is 0.0713 e. The van der Waals surface area contributed by atoms with Crippen molar-refractivity contribution in [2.75, 3.05) is 4.90 Å². The summed E-state index contributed by atoms with van der Waals surface area (Å²) in [7, 11) is 0. The van der Waals surface area contributed by atoms with Gasteiger partial charge in [-0.3, -0.25) is 0 Å². The highest BCUT2D eigenvalue weighted by molar-refractivity contribution is 7.26. The van der Waals surface area contributed by atoms with E-state index in [1.807, 2.05) is 29.5 Å². The number of benzene rings is 13. The van der Waals surface area contributed by atoms with Gasteiger partial charge >= 0.3 is 0 Å². The zero-order valence-corrected chi connectivity index (χ0v) is 45.4. The summed E-state index contributed by atoms with van der Waals surface area (Å²) in [6.07, 6.45) is 0. The molecular formula is C80H53NS. The number of rotatable bonds is 10. The molecule has 1 nitrogen and oxygen atoms in total. The van der Waals surface area contributed by atoms with Crippen molar-refractivity contribution in [2.24, 2.45) is 0 Å². The van der Waals surface area contributed by atoms with Crippen molar-refractivity contribution in [3.63, 3.8) is 0 Å². The maximum absolute atomic E-state index is 9.02. The molecule has 16 rings (SSSR count). The van der Waals surface area contributed by atoms with Crippen LogP contribution in [0.5, 0.6) is 0 Å². The van der Waals surface area contributed by atoms with Gasteiger partial charge in [-0.05, 0) is 161 Å². The topological polar surface area (TPSA) is 3.24 Å². The SMILES string of the molecule is [2H]c1c([2H])c([2H])c(-c2cccc(C3(c4ccc(N(c5ccc(-c6ccccc6)cc5)c5ccc6sc7cccc(-c8cccc(C9(c%10ccccc%10)c%10ccccc%10-c%10ccccc%109)c8)c7c6c5)cc4)c4ccccc4-c4ccccc43)c2)c([2H])c1[2H]. The van der Waals surface area contributed by atoms with Crippen LogP contribution < -0.4 is 4.90 Å². The van der Waals surface area contributed by atoms with Crippen LogP contribution in [0.25, 0.3) is 75.8 Å². The van der Waals surface area contributed by atoms with Gasteiger partial charge in [0.2, 0.25) is 0 Å². The largest absolute Gasteiger partial charge is 0.310 e. The summed E-state index contributed by atoms with van der Waals surface area (Å²) in [5, 5.41) is 2.40. The van der Waals surface area contributed by atoms with E-state index in [-0.39, 0.29) is 29.7 Å². The summed E-state index contributed by atoms with van der Waals surface area (Å²) >= 11 is 1.83. The van der Waals surface area contributed by atoms with Crippen molar-refractivity contribution < 1.29 is 6.85 Å². The molecule has 0 unspecified atom stereocenters. The van der Waals surface area contributed by atoms with Crippen molar-refractivity contribution in [1.29, 1.82) is 0 Å². The van der Waals surface area contributed by atoms with Crippen molar-refractivity contribution in [1.82, 2.24) is 0 Å². The molecule has 14 aromatic rings. The smallest absolute Gasteiger partial charge is 0.0713 e. The standard InChI is InChI=1S/C80H53NS/c1-4-21-54(22-5-1)56-41-45-63(46-42-56)81(64-47-43-60(44-48-64)80(61-29-18-25-57(51-61)55-23-6-2-7-24-55)74-38-16-12-33-69(74)70-34-13-17-39-75(70)80)65-49-50-76-71(53-65)78-66(35-20-40-77(78)82-76)58-26-19-30-62(52-58)79(59-27-8-3-9-28-59)72-36-14-10-31-67(72)68-32-11-15-37-73(68)79/h1-53H/i2D,6D,7D,23D,24D. The van der Waals surface area contributed by atoms with E-state index in [0.29, 0.717) is 5.56 Å². The molecule has 82 heavy (non-hydrogen) atoms. The molecule has 0 fully saturated rings. The predicted molar refractivity (Wildman–Crippen MR) is 345 cm³/mol. The monoisotopic (exact) mass is 1060 g/mol. The van der Waals surface area contributed by atoms with Gasteiger partial charge in [-0.15, -0.1) is 11.3 Å². The second-order valence-corrected chi connectivity index (χ2v) is 22.6. The third-order valence-corrected chi connectivity index (χ3v) is 18.5. The zero-order valence-electron chi connectivity index (χ0n) is 49.6. The summed E-state index contributed by atoms with van der Waals surface area (Å²) in [4.78, 5) is 2.37. The normalized spacial score (nSPS) is 14.2. The first-order valence-corrected chi connectivity index (χ1v) is 28.8. The van der Waals surface area contributed by atoms with Gasteiger partial charge in [0, 0.05) is 37.2 Å². The van der Waals surface area contributed by atoms with E-state index in [1.54, 1.807) is 0 Å². The summed E-state index contributed by atoms with van der Waals surface area (Å²) in [5.41, 5.74) is 21.0. The third kappa shape index (κ3) is 7.32. The lowest BCUT2D eigenvalue weighted by molar-refractivity contribution is 0.769. The number of anilines is 3. The fourth-order valence-electron chi connectivity index (χ4n) is 13.9. The average molecular weight is 1070 g/mol. The molecular weight excluding hydrogens is 1010 g/mol. The van der Waals surface area contributed by atoms with E-state index < -0.39 is 16.9 Å². The van der Waals surface area contributed by atoms with Crippen LogP contribution in [-0.4, -0.2) is 0 Å². The molecule has 0 aliphatic heterocycles. The van der Waals surface area contributed by atoms with Crippen LogP contribution in [0.15, 0.2) is 321 Å². The van der Waals surface area contributed by atoms with E-state index in [0.717, 1.165) is 67.1 Å². The highest BCUT2D eigenvalue weighted by atomic mass is 32.1. The van der Waals surface area contributed by atoms with E-state index >= 15 is 0 Å². The molecule has 0 amide bonds. The minimum absolute atomic E-state index is 0.177. The molecule has 13 aromatic carbocycles. The summed E-state index contributed by atoms with van der Waals surface area (Å²) in [5.74, 6) is 0. The van der Waals surface area contributed by atoms with Crippen LogP contribution in [0.2, 0.25) is 0 Å². The molecule has 0 radical (unpaired) electrons. The summed E-state index contributed by atoms with van der Waals surface area (Å²) in [6.45, 7) is 0. The Hall–Kier alpha value is -10.1. The van der Waals surface area contributed by atoms with Gasteiger partial charge in [0.05, 0.1) is 17.7 Å². The van der Waals surface area contributed by atoms with Gasteiger partial charge in [-0.1, -0.05) is 261 Å². The van der Waals surface area contributed by atoms with Crippen LogP contribution in [0.4, 0.5) is 17.1 Å². The Balaban J connectivity index is 0.868.